The molecule has 1 aromatic carbocycles. The summed E-state index contributed by atoms with van der Waals surface area (Å²) in [6.07, 6.45) is 1.07. The van der Waals surface area contributed by atoms with Gasteiger partial charge in [0.15, 0.2) is 0 Å². The van der Waals surface area contributed by atoms with Gasteiger partial charge in [-0.3, -0.25) is 9.59 Å². The van der Waals surface area contributed by atoms with Crippen LogP contribution in [0, 0.1) is 12.3 Å². The molecule has 0 aliphatic heterocycles. The van der Waals surface area contributed by atoms with Gasteiger partial charge in [0.2, 0.25) is 11.8 Å². The summed E-state index contributed by atoms with van der Waals surface area (Å²) in [5, 5.41) is 6.07. The summed E-state index contributed by atoms with van der Waals surface area (Å²) < 4.78 is 10.1. The first-order valence-electron chi connectivity index (χ1n) is 7.37. The zero-order chi connectivity index (χ0) is 17.0. The normalized spacial score (nSPS) is 15.0. The van der Waals surface area contributed by atoms with Gasteiger partial charge in [-0.15, -0.1) is 0 Å². The Hall–Kier alpha value is -1.79. The molecule has 0 unspecified atom stereocenters. The van der Waals surface area contributed by atoms with Crippen molar-refractivity contribution in [3.63, 3.8) is 0 Å². The molecule has 0 atom stereocenters. The van der Waals surface area contributed by atoms with Crippen molar-refractivity contribution in [3.8, 4) is 5.75 Å². The van der Waals surface area contributed by atoms with Crippen LogP contribution in [0.2, 0.25) is 5.02 Å². The lowest BCUT2D eigenvalue weighted by atomic mass is 10.0. The lowest BCUT2D eigenvalue weighted by Crippen LogP contribution is -2.41. The molecule has 1 saturated carbocycles. The van der Waals surface area contributed by atoms with Crippen LogP contribution in [-0.4, -0.2) is 39.2 Å². The first kappa shape index (κ1) is 17.6. The van der Waals surface area contributed by atoms with Gasteiger partial charge in [-0.2, -0.15) is 0 Å². The lowest BCUT2D eigenvalue weighted by molar-refractivity contribution is -0.134. The molecule has 0 aromatic heterocycles. The van der Waals surface area contributed by atoms with E-state index in [9.17, 15) is 9.59 Å². The van der Waals surface area contributed by atoms with Crippen LogP contribution in [0.25, 0.3) is 0 Å². The minimum atomic E-state index is -0.994. The molecule has 0 spiro atoms. The third kappa shape index (κ3) is 3.76. The average molecular weight is 341 g/mol. The summed E-state index contributed by atoms with van der Waals surface area (Å²) in [5.41, 5.74) is 0.333. The van der Waals surface area contributed by atoms with Crippen molar-refractivity contribution in [1.29, 1.82) is 0 Å². The van der Waals surface area contributed by atoms with Crippen molar-refractivity contribution in [3.05, 3.63) is 22.7 Å². The van der Waals surface area contributed by atoms with E-state index >= 15 is 0 Å². The number of rotatable bonds is 7. The van der Waals surface area contributed by atoms with E-state index in [1.54, 1.807) is 19.2 Å². The molecule has 1 aliphatic rings. The highest BCUT2D eigenvalue weighted by Crippen LogP contribution is 2.47. The first-order chi connectivity index (χ1) is 10.9. The Balaban J connectivity index is 2.10. The summed E-state index contributed by atoms with van der Waals surface area (Å²) in [6.45, 7) is 2.63. The van der Waals surface area contributed by atoms with Crippen molar-refractivity contribution >= 4 is 29.1 Å². The van der Waals surface area contributed by atoms with Crippen LogP contribution in [0.3, 0.4) is 0 Å². The number of aryl methyl sites for hydroxylation is 1. The predicted octanol–water partition coefficient (Wildman–Crippen LogP) is 2.14. The number of carbonyl (C=O) groups excluding carboxylic acids is 2. The van der Waals surface area contributed by atoms with Gasteiger partial charge in [0.05, 0.1) is 19.4 Å². The number of nitrogens with one attached hydrogen (secondary N) is 2. The van der Waals surface area contributed by atoms with E-state index in [4.69, 9.17) is 21.1 Å². The van der Waals surface area contributed by atoms with Crippen molar-refractivity contribution in [2.24, 2.45) is 5.41 Å². The standard InChI is InChI=1S/C16H21ClN2O4/c1-10-8-12(13(23-3)9-11(10)17)19-15(21)16(4-5-16)14(20)18-6-7-22-2/h8-9H,4-7H2,1-3H3,(H,18,20)(H,19,21). The van der Waals surface area contributed by atoms with Gasteiger partial charge in [-0.1, -0.05) is 11.6 Å². The molecule has 6 nitrogen and oxygen atoms in total. The quantitative estimate of drug-likeness (QED) is 0.589. The number of hydrogen-bond acceptors (Lipinski definition) is 4. The Morgan fingerprint density at radius 2 is 1.96 bits per heavy atom. The van der Waals surface area contributed by atoms with Gasteiger partial charge >= 0.3 is 0 Å². The SMILES string of the molecule is COCCNC(=O)C1(C(=O)Nc2cc(C)c(Cl)cc2OC)CC1. The highest BCUT2D eigenvalue weighted by atomic mass is 35.5. The van der Waals surface area contributed by atoms with Crippen LogP contribution in [0.4, 0.5) is 5.69 Å². The maximum Gasteiger partial charge on any atom is 0.240 e. The topological polar surface area (TPSA) is 76.7 Å². The third-order valence-corrected chi connectivity index (χ3v) is 4.35. The van der Waals surface area contributed by atoms with Crippen LogP contribution >= 0.6 is 11.6 Å². The smallest absolute Gasteiger partial charge is 0.240 e. The minimum Gasteiger partial charge on any atom is -0.495 e. The van der Waals surface area contributed by atoms with Crippen molar-refractivity contribution in [1.82, 2.24) is 5.32 Å². The lowest BCUT2D eigenvalue weighted by Gasteiger charge is -2.17. The predicted molar refractivity (Wildman–Crippen MR) is 87.9 cm³/mol. The monoisotopic (exact) mass is 340 g/mol. The number of anilines is 1. The average Bonchev–Trinajstić information content (AvgIpc) is 3.32. The summed E-state index contributed by atoms with van der Waals surface area (Å²) in [7, 11) is 3.06. The fourth-order valence-corrected chi connectivity index (χ4v) is 2.44. The van der Waals surface area contributed by atoms with Gasteiger partial charge in [-0.25, -0.2) is 0 Å². The van der Waals surface area contributed by atoms with Crippen LogP contribution in [0.15, 0.2) is 12.1 Å². The maximum atomic E-state index is 12.5. The zero-order valence-corrected chi connectivity index (χ0v) is 14.3. The molecular weight excluding hydrogens is 320 g/mol. The van der Waals surface area contributed by atoms with Crippen molar-refractivity contribution in [2.45, 2.75) is 19.8 Å². The Kier molecular flexibility index (Phi) is 5.49. The molecular formula is C16H21ClN2O4. The highest BCUT2D eigenvalue weighted by Gasteiger charge is 2.56. The Morgan fingerprint density at radius 3 is 2.52 bits per heavy atom. The maximum absolute atomic E-state index is 12.5. The molecule has 126 valence electrons. The number of ether oxygens (including phenoxy) is 2. The zero-order valence-electron chi connectivity index (χ0n) is 13.5. The molecule has 23 heavy (non-hydrogen) atoms. The molecule has 1 aromatic rings. The van der Waals surface area contributed by atoms with Crippen molar-refractivity contribution in [2.75, 3.05) is 32.7 Å². The van der Waals surface area contributed by atoms with Crippen molar-refractivity contribution < 1.29 is 19.1 Å². The Bertz CT molecular complexity index is 614. The van der Waals surface area contributed by atoms with E-state index in [1.165, 1.54) is 7.11 Å². The number of carbonyl (C=O) groups is 2. The Morgan fingerprint density at radius 1 is 1.26 bits per heavy atom. The molecule has 0 saturated heterocycles. The second-order valence-corrected chi connectivity index (χ2v) is 5.99. The highest BCUT2D eigenvalue weighted by molar-refractivity contribution is 6.31. The summed E-state index contributed by atoms with van der Waals surface area (Å²) >= 11 is 6.06. The van der Waals surface area contributed by atoms with E-state index in [0.717, 1.165) is 5.56 Å². The van der Waals surface area contributed by atoms with Crippen LogP contribution < -0.4 is 15.4 Å². The molecule has 1 aliphatic carbocycles. The third-order valence-electron chi connectivity index (χ3n) is 3.94. The number of methoxy groups -OCH3 is 2. The molecule has 2 rings (SSSR count). The number of hydrogen-bond donors (Lipinski definition) is 2. The number of halogens is 1. The van der Waals surface area contributed by atoms with E-state index < -0.39 is 5.41 Å². The molecule has 0 bridgehead atoms. The van der Waals surface area contributed by atoms with Gasteiger partial charge in [-0.05, 0) is 31.4 Å². The van der Waals surface area contributed by atoms with Gasteiger partial charge in [0.25, 0.3) is 0 Å². The van der Waals surface area contributed by atoms with Gasteiger partial charge < -0.3 is 20.1 Å². The largest absolute Gasteiger partial charge is 0.495 e. The van der Waals surface area contributed by atoms with E-state index in [1.807, 2.05) is 6.92 Å². The fraction of sp³-hybridized carbons (Fsp3) is 0.500. The molecule has 0 radical (unpaired) electrons. The van der Waals surface area contributed by atoms with Crippen LogP contribution in [0.1, 0.15) is 18.4 Å². The van der Waals surface area contributed by atoms with E-state index in [0.29, 0.717) is 42.5 Å². The van der Waals surface area contributed by atoms with Crippen LogP contribution in [-0.2, 0) is 14.3 Å². The van der Waals surface area contributed by atoms with Gasteiger partial charge in [0, 0.05) is 24.7 Å². The molecule has 2 amide bonds. The molecule has 1 fully saturated rings. The molecule has 2 N–H and O–H groups in total. The summed E-state index contributed by atoms with van der Waals surface area (Å²) in [6, 6.07) is 3.38. The van der Waals surface area contributed by atoms with Gasteiger partial charge in [0.1, 0.15) is 11.2 Å². The molecule has 7 heteroatoms. The molecule has 0 heterocycles. The summed E-state index contributed by atoms with van der Waals surface area (Å²) in [5.74, 6) is -0.131. The fourth-order valence-electron chi connectivity index (χ4n) is 2.29. The van der Waals surface area contributed by atoms with E-state index in [2.05, 4.69) is 10.6 Å². The number of amides is 2. The summed E-state index contributed by atoms with van der Waals surface area (Å²) in [4.78, 5) is 24.8. The first-order valence-corrected chi connectivity index (χ1v) is 7.75. The van der Waals surface area contributed by atoms with Crippen LogP contribution in [0.5, 0.6) is 5.75 Å². The number of benzene rings is 1. The van der Waals surface area contributed by atoms with E-state index in [-0.39, 0.29) is 11.8 Å². The second-order valence-electron chi connectivity index (χ2n) is 5.59. The Labute approximate surface area is 140 Å². The second kappa shape index (κ2) is 7.19. The minimum absolute atomic E-state index is 0.267.